The number of hydrogen-bond acceptors (Lipinski definition) is 4. The van der Waals surface area contributed by atoms with Crippen LogP contribution in [0.2, 0.25) is 10.0 Å². The van der Waals surface area contributed by atoms with Gasteiger partial charge in [-0.3, -0.25) is 10.1 Å². The number of aromatic amines is 1. The van der Waals surface area contributed by atoms with Gasteiger partial charge in [0.15, 0.2) is 6.61 Å². The van der Waals surface area contributed by atoms with E-state index in [1.54, 1.807) is 12.1 Å². The first kappa shape index (κ1) is 12.7. The third-order valence-corrected chi connectivity index (χ3v) is 2.47. The lowest BCUT2D eigenvalue weighted by atomic mass is 10.3. The largest absolute Gasteiger partial charge is 0.482 e. The zero-order chi connectivity index (χ0) is 13.0. The molecule has 6 nitrogen and oxygen atoms in total. The number of ether oxygens (including phenoxy) is 1. The number of nitrogens with one attached hydrogen (secondary N) is 2. The van der Waals surface area contributed by atoms with Gasteiger partial charge in [-0.05, 0) is 12.1 Å². The van der Waals surface area contributed by atoms with Crippen LogP contribution in [0.25, 0.3) is 0 Å². The summed E-state index contributed by atoms with van der Waals surface area (Å²) in [6, 6.07) is 4.75. The van der Waals surface area contributed by atoms with Crippen molar-refractivity contribution < 1.29 is 9.53 Å². The maximum absolute atomic E-state index is 11.5. The number of rotatable bonds is 4. The molecular formula is C10H8Cl2N4O2. The molecule has 0 aliphatic heterocycles. The van der Waals surface area contributed by atoms with Gasteiger partial charge in [0.1, 0.15) is 12.1 Å². The Kier molecular flexibility index (Phi) is 4.01. The van der Waals surface area contributed by atoms with Crippen LogP contribution in [0.15, 0.2) is 24.5 Å². The molecule has 0 atom stereocenters. The summed E-state index contributed by atoms with van der Waals surface area (Å²) < 4.78 is 5.24. The number of amides is 1. The first-order valence-corrected chi connectivity index (χ1v) is 5.64. The molecule has 2 N–H and O–H groups in total. The molecule has 0 radical (unpaired) electrons. The Morgan fingerprint density at radius 3 is 3.00 bits per heavy atom. The third-order valence-electron chi connectivity index (χ3n) is 1.92. The van der Waals surface area contributed by atoms with Crippen LogP contribution in [-0.4, -0.2) is 27.7 Å². The Hall–Kier alpha value is -1.79. The van der Waals surface area contributed by atoms with E-state index in [1.807, 2.05) is 0 Å². The molecule has 94 valence electrons. The highest BCUT2D eigenvalue weighted by Crippen LogP contribution is 2.27. The van der Waals surface area contributed by atoms with E-state index < -0.39 is 0 Å². The van der Waals surface area contributed by atoms with Crippen molar-refractivity contribution in [2.24, 2.45) is 0 Å². The van der Waals surface area contributed by atoms with E-state index in [9.17, 15) is 4.79 Å². The van der Waals surface area contributed by atoms with Crippen LogP contribution in [0.5, 0.6) is 5.75 Å². The predicted octanol–water partition coefficient (Wildman–Crippen LogP) is 2.13. The fourth-order valence-electron chi connectivity index (χ4n) is 1.16. The molecule has 0 saturated heterocycles. The van der Waals surface area contributed by atoms with Crippen molar-refractivity contribution >= 4 is 35.1 Å². The number of halogens is 2. The first-order chi connectivity index (χ1) is 8.65. The van der Waals surface area contributed by atoms with E-state index in [4.69, 9.17) is 27.9 Å². The Bertz CT molecular complexity index is 545. The average Bonchev–Trinajstić information content (AvgIpc) is 2.83. The molecule has 1 aromatic heterocycles. The van der Waals surface area contributed by atoms with Gasteiger partial charge in [-0.2, -0.15) is 10.1 Å². The number of anilines is 1. The fourth-order valence-corrected chi connectivity index (χ4v) is 1.50. The molecule has 1 aromatic carbocycles. The maximum Gasteiger partial charge on any atom is 0.264 e. The summed E-state index contributed by atoms with van der Waals surface area (Å²) in [5.74, 6) is 0.209. The van der Waals surface area contributed by atoms with Crippen LogP contribution in [0.1, 0.15) is 0 Å². The van der Waals surface area contributed by atoms with Gasteiger partial charge in [-0.25, -0.2) is 5.10 Å². The van der Waals surface area contributed by atoms with Gasteiger partial charge in [0, 0.05) is 11.1 Å². The monoisotopic (exact) mass is 286 g/mol. The van der Waals surface area contributed by atoms with Gasteiger partial charge in [-0.15, -0.1) is 0 Å². The summed E-state index contributed by atoms with van der Waals surface area (Å²) in [6.07, 6.45) is 1.28. The number of benzene rings is 1. The summed E-state index contributed by atoms with van der Waals surface area (Å²) in [7, 11) is 0. The summed E-state index contributed by atoms with van der Waals surface area (Å²) >= 11 is 11.7. The van der Waals surface area contributed by atoms with E-state index in [-0.39, 0.29) is 18.5 Å². The van der Waals surface area contributed by atoms with Crippen molar-refractivity contribution in [3.05, 3.63) is 34.6 Å². The van der Waals surface area contributed by atoms with Gasteiger partial charge in [-0.1, -0.05) is 23.2 Å². The minimum absolute atomic E-state index is 0.208. The highest BCUT2D eigenvalue weighted by atomic mass is 35.5. The van der Waals surface area contributed by atoms with Crippen LogP contribution in [0.4, 0.5) is 5.95 Å². The molecule has 0 spiro atoms. The van der Waals surface area contributed by atoms with Crippen molar-refractivity contribution in [2.75, 3.05) is 11.9 Å². The minimum atomic E-state index is -0.386. The zero-order valence-electron chi connectivity index (χ0n) is 8.98. The molecule has 0 saturated carbocycles. The standard InChI is InChI=1S/C10H8Cl2N4O2/c11-6-1-2-7(12)8(3-6)18-4-9(17)15-10-13-5-14-16-10/h1-3,5H,4H2,(H2,13,14,15,16,17). The van der Waals surface area contributed by atoms with Crippen LogP contribution in [0, 0.1) is 0 Å². The summed E-state index contributed by atoms with van der Waals surface area (Å²) in [6.45, 7) is -0.208. The van der Waals surface area contributed by atoms with Crippen LogP contribution < -0.4 is 10.1 Å². The quantitative estimate of drug-likeness (QED) is 0.902. The highest BCUT2D eigenvalue weighted by molar-refractivity contribution is 6.34. The second-order valence-electron chi connectivity index (χ2n) is 3.25. The van der Waals surface area contributed by atoms with Crippen LogP contribution in [-0.2, 0) is 4.79 Å². The number of hydrogen-bond donors (Lipinski definition) is 2. The molecule has 0 bridgehead atoms. The Balaban J connectivity index is 1.91. The van der Waals surface area contributed by atoms with Gasteiger partial charge in [0.05, 0.1) is 5.02 Å². The molecule has 2 aromatic rings. The summed E-state index contributed by atoms with van der Waals surface area (Å²) in [4.78, 5) is 15.2. The third kappa shape index (κ3) is 3.35. The minimum Gasteiger partial charge on any atom is -0.482 e. The van der Waals surface area contributed by atoms with Crippen molar-refractivity contribution in [1.82, 2.24) is 15.2 Å². The van der Waals surface area contributed by atoms with Crippen molar-refractivity contribution in [3.8, 4) is 5.75 Å². The van der Waals surface area contributed by atoms with Gasteiger partial charge < -0.3 is 4.74 Å². The molecule has 8 heteroatoms. The maximum atomic E-state index is 11.5. The number of nitrogens with zero attached hydrogens (tertiary/aromatic N) is 2. The summed E-state index contributed by atoms with van der Waals surface area (Å²) in [5, 5.41) is 9.40. The normalized spacial score (nSPS) is 10.1. The number of aromatic nitrogens is 3. The lowest BCUT2D eigenvalue weighted by molar-refractivity contribution is -0.118. The molecule has 2 rings (SSSR count). The molecule has 0 unspecified atom stereocenters. The zero-order valence-corrected chi connectivity index (χ0v) is 10.5. The molecule has 18 heavy (non-hydrogen) atoms. The molecular weight excluding hydrogens is 279 g/mol. The van der Waals surface area contributed by atoms with E-state index in [0.717, 1.165) is 0 Å². The number of carbonyl (C=O) groups excluding carboxylic acids is 1. The number of carbonyl (C=O) groups is 1. The first-order valence-electron chi connectivity index (χ1n) is 4.88. The van der Waals surface area contributed by atoms with Gasteiger partial charge >= 0.3 is 0 Å². The predicted molar refractivity (Wildman–Crippen MR) is 67.0 cm³/mol. The van der Waals surface area contributed by atoms with E-state index in [2.05, 4.69) is 20.5 Å². The number of H-pyrrole nitrogens is 1. The van der Waals surface area contributed by atoms with Crippen LogP contribution >= 0.6 is 23.2 Å². The summed E-state index contributed by atoms with van der Waals surface area (Å²) in [5.41, 5.74) is 0. The van der Waals surface area contributed by atoms with Crippen molar-refractivity contribution in [1.29, 1.82) is 0 Å². The average molecular weight is 287 g/mol. The lowest BCUT2D eigenvalue weighted by Gasteiger charge is -2.07. The Morgan fingerprint density at radius 1 is 1.44 bits per heavy atom. The molecule has 0 aliphatic carbocycles. The van der Waals surface area contributed by atoms with E-state index in [0.29, 0.717) is 15.8 Å². The molecule has 0 aliphatic rings. The lowest BCUT2D eigenvalue weighted by Crippen LogP contribution is -2.20. The van der Waals surface area contributed by atoms with E-state index in [1.165, 1.54) is 12.4 Å². The molecule has 1 amide bonds. The van der Waals surface area contributed by atoms with Gasteiger partial charge in [0.2, 0.25) is 5.95 Å². The Morgan fingerprint density at radius 2 is 2.28 bits per heavy atom. The second kappa shape index (κ2) is 5.70. The fraction of sp³-hybridized carbons (Fsp3) is 0.100. The van der Waals surface area contributed by atoms with Crippen molar-refractivity contribution in [2.45, 2.75) is 0 Å². The van der Waals surface area contributed by atoms with Gasteiger partial charge in [0.25, 0.3) is 5.91 Å². The van der Waals surface area contributed by atoms with Crippen molar-refractivity contribution in [3.63, 3.8) is 0 Å². The van der Waals surface area contributed by atoms with E-state index >= 15 is 0 Å². The smallest absolute Gasteiger partial charge is 0.264 e. The molecule has 1 heterocycles. The molecule has 0 fully saturated rings. The second-order valence-corrected chi connectivity index (χ2v) is 4.09. The van der Waals surface area contributed by atoms with Crippen LogP contribution in [0.3, 0.4) is 0 Å². The highest BCUT2D eigenvalue weighted by Gasteiger charge is 2.08. The Labute approximate surface area is 112 Å². The SMILES string of the molecule is O=C(COc1cc(Cl)ccc1Cl)Nc1ncn[nH]1. The topological polar surface area (TPSA) is 79.9 Å².